The Labute approximate surface area is 233 Å². The van der Waals surface area contributed by atoms with Crippen molar-refractivity contribution < 1.29 is 40.3 Å². The van der Waals surface area contributed by atoms with E-state index >= 15 is 0 Å². The molecule has 0 saturated heterocycles. The van der Waals surface area contributed by atoms with Gasteiger partial charge in [-0.25, -0.2) is 14.2 Å². The highest BCUT2D eigenvalue weighted by Crippen LogP contribution is 2.41. The highest BCUT2D eigenvalue weighted by Gasteiger charge is 2.39. The Bertz CT molecular complexity index is 1650. The van der Waals surface area contributed by atoms with Crippen LogP contribution in [-0.2, 0) is 28.4 Å². The zero-order chi connectivity index (χ0) is 30.2. The number of rotatable bonds is 6. The summed E-state index contributed by atoms with van der Waals surface area (Å²) in [7, 11) is 0. The molecule has 4 aromatic rings. The molecule has 0 fully saturated rings. The number of H-pyrrole nitrogens is 1. The third-order valence-electron chi connectivity index (χ3n) is 6.43. The van der Waals surface area contributed by atoms with Crippen molar-refractivity contribution in [2.24, 2.45) is 5.10 Å². The fourth-order valence-corrected chi connectivity index (χ4v) is 4.48. The van der Waals surface area contributed by atoms with Gasteiger partial charge in [-0.05, 0) is 37.3 Å². The summed E-state index contributed by atoms with van der Waals surface area (Å²) in [4.78, 5) is 24.4. The molecule has 0 radical (unpaired) electrons. The number of alkyl halides is 6. The molecular formula is C28H20F7N5O2. The number of carbonyl (C=O) groups is 1. The summed E-state index contributed by atoms with van der Waals surface area (Å²) in [5, 5.41) is 5.63. The van der Waals surface area contributed by atoms with E-state index in [0.717, 1.165) is 6.20 Å². The summed E-state index contributed by atoms with van der Waals surface area (Å²) < 4.78 is 99.8. The second-order valence-electron chi connectivity index (χ2n) is 9.16. The number of nitrogens with one attached hydrogen (secondary N) is 1. The highest BCUT2D eigenvalue weighted by molar-refractivity contribution is 5.82. The lowest BCUT2D eigenvalue weighted by Crippen LogP contribution is -2.33. The summed E-state index contributed by atoms with van der Waals surface area (Å²) in [6, 6.07) is 8.61. The van der Waals surface area contributed by atoms with Crippen LogP contribution in [0.5, 0.6) is 0 Å². The first-order valence-corrected chi connectivity index (χ1v) is 12.4. The van der Waals surface area contributed by atoms with E-state index in [1.165, 1.54) is 35.5 Å². The van der Waals surface area contributed by atoms with Gasteiger partial charge in [-0.2, -0.15) is 31.4 Å². The second-order valence-corrected chi connectivity index (χ2v) is 9.16. The number of hydrogen-bond acceptors (Lipinski definition) is 6. The van der Waals surface area contributed by atoms with Crippen molar-refractivity contribution in [1.29, 1.82) is 0 Å². The molecule has 0 saturated carbocycles. The number of ether oxygens (including phenoxy) is 1. The Kier molecular flexibility index (Phi) is 7.47. The number of benzene rings is 2. The van der Waals surface area contributed by atoms with E-state index in [-0.39, 0.29) is 41.9 Å². The average Bonchev–Trinajstić information content (AvgIpc) is 3.36. The molecule has 0 amide bonds. The molecule has 1 atom stereocenters. The smallest absolute Gasteiger partial charge is 0.417 e. The number of halogens is 7. The average molecular weight is 591 g/mol. The van der Waals surface area contributed by atoms with Gasteiger partial charge in [-0.1, -0.05) is 24.3 Å². The van der Waals surface area contributed by atoms with Crippen LogP contribution in [0, 0.1) is 5.82 Å². The van der Waals surface area contributed by atoms with Crippen molar-refractivity contribution in [1.82, 2.24) is 20.0 Å². The number of imidazole rings is 1. The summed E-state index contributed by atoms with van der Waals surface area (Å²) in [6.07, 6.45) is -7.55. The van der Waals surface area contributed by atoms with E-state index in [2.05, 4.69) is 20.1 Å². The topological polar surface area (TPSA) is 83.5 Å². The summed E-state index contributed by atoms with van der Waals surface area (Å²) in [5.74, 6) is -0.969. The van der Waals surface area contributed by atoms with Crippen LogP contribution >= 0.6 is 0 Å². The van der Waals surface area contributed by atoms with Crippen molar-refractivity contribution in [2.75, 3.05) is 6.61 Å². The van der Waals surface area contributed by atoms with Gasteiger partial charge in [0, 0.05) is 17.3 Å². The van der Waals surface area contributed by atoms with Crippen LogP contribution in [0.3, 0.4) is 0 Å². The number of hydrogen-bond donors (Lipinski definition) is 1. The SMILES string of the molecule is CCOC(=O)C(c1ccc(-c2ccc(C(F)(F)F)cc2C(F)(F)F)nc1)N1Cc2[nH]c(-c3ccccc3F)nc2C=N1. The number of carbonyl (C=O) groups excluding carboxylic acids is 1. The first-order chi connectivity index (χ1) is 19.9. The lowest BCUT2D eigenvalue weighted by molar-refractivity contribution is -0.150. The standard InChI is InChI=1S/C28H20F7N5O2/c1-2-42-26(41)24(40-14-23-22(13-37-40)38-25(39-23)18-5-3-4-6-20(18)29)15-7-10-21(36-12-15)17-9-8-16(27(30,31)32)11-19(17)28(33,34)35/h3-13,24H,2,14H2,1H3,(H,38,39). The van der Waals surface area contributed by atoms with Gasteiger partial charge in [0.2, 0.25) is 0 Å². The predicted octanol–water partition coefficient (Wildman–Crippen LogP) is 6.77. The van der Waals surface area contributed by atoms with Gasteiger partial charge in [-0.15, -0.1) is 0 Å². The third kappa shape index (κ3) is 5.69. The van der Waals surface area contributed by atoms with Crippen molar-refractivity contribution >= 4 is 12.2 Å². The number of aromatic amines is 1. The Hall–Kier alpha value is -4.75. The third-order valence-corrected chi connectivity index (χ3v) is 6.43. The number of fused-ring (bicyclic) bond motifs is 1. The summed E-state index contributed by atoms with van der Waals surface area (Å²) in [6.45, 7) is 1.62. The minimum absolute atomic E-state index is 0.00957. The van der Waals surface area contributed by atoms with E-state index in [0.29, 0.717) is 23.5 Å². The van der Waals surface area contributed by atoms with Gasteiger partial charge in [0.1, 0.15) is 17.3 Å². The zero-order valence-corrected chi connectivity index (χ0v) is 21.6. The zero-order valence-electron chi connectivity index (χ0n) is 21.6. The molecule has 0 bridgehead atoms. The van der Waals surface area contributed by atoms with Crippen molar-refractivity contribution in [3.63, 3.8) is 0 Å². The van der Waals surface area contributed by atoms with E-state index < -0.39 is 46.9 Å². The fourth-order valence-electron chi connectivity index (χ4n) is 4.48. The quantitative estimate of drug-likeness (QED) is 0.198. The maximum absolute atomic E-state index is 14.3. The molecule has 14 heteroatoms. The maximum atomic E-state index is 14.3. The molecule has 42 heavy (non-hydrogen) atoms. The minimum Gasteiger partial charge on any atom is -0.464 e. The van der Waals surface area contributed by atoms with E-state index in [1.54, 1.807) is 19.1 Å². The first kappa shape index (κ1) is 28.8. The maximum Gasteiger partial charge on any atom is 0.417 e. The molecule has 2 aromatic heterocycles. The van der Waals surface area contributed by atoms with Crippen LogP contribution < -0.4 is 0 Å². The molecule has 1 unspecified atom stereocenters. The first-order valence-electron chi connectivity index (χ1n) is 12.4. The number of nitrogens with zero attached hydrogens (tertiary/aromatic N) is 4. The minimum atomic E-state index is -5.09. The second kappa shape index (κ2) is 10.9. The summed E-state index contributed by atoms with van der Waals surface area (Å²) >= 11 is 0. The predicted molar refractivity (Wildman–Crippen MR) is 136 cm³/mol. The number of esters is 1. The molecule has 0 aliphatic carbocycles. The van der Waals surface area contributed by atoms with Crippen LogP contribution in [0.1, 0.15) is 41.0 Å². The fraction of sp³-hybridized carbons (Fsp3) is 0.214. The molecule has 1 aliphatic heterocycles. The Morgan fingerprint density at radius 3 is 2.43 bits per heavy atom. The van der Waals surface area contributed by atoms with Crippen LogP contribution in [-0.4, -0.2) is 38.8 Å². The van der Waals surface area contributed by atoms with Crippen LogP contribution in [0.2, 0.25) is 0 Å². The van der Waals surface area contributed by atoms with Gasteiger partial charge < -0.3 is 9.72 Å². The molecule has 5 rings (SSSR count). The van der Waals surface area contributed by atoms with Crippen LogP contribution in [0.4, 0.5) is 30.7 Å². The van der Waals surface area contributed by atoms with Gasteiger partial charge in [0.25, 0.3) is 0 Å². The van der Waals surface area contributed by atoms with Gasteiger partial charge in [0.15, 0.2) is 6.04 Å². The molecule has 218 valence electrons. The van der Waals surface area contributed by atoms with Gasteiger partial charge in [0.05, 0.1) is 47.4 Å². The number of pyridine rings is 1. The molecular weight excluding hydrogens is 571 g/mol. The van der Waals surface area contributed by atoms with Crippen molar-refractivity contribution in [2.45, 2.75) is 31.9 Å². The van der Waals surface area contributed by atoms with Crippen molar-refractivity contribution in [3.8, 4) is 22.6 Å². The molecule has 3 heterocycles. The monoisotopic (exact) mass is 591 g/mol. The Morgan fingerprint density at radius 2 is 1.79 bits per heavy atom. The Balaban J connectivity index is 1.47. The van der Waals surface area contributed by atoms with E-state index in [1.807, 2.05) is 0 Å². The van der Waals surface area contributed by atoms with Gasteiger partial charge >= 0.3 is 18.3 Å². The molecule has 1 aliphatic rings. The number of hydrazone groups is 1. The Morgan fingerprint density at radius 1 is 1.02 bits per heavy atom. The molecule has 2 aromatic carbocycles. The van der Waals surface area contributed by atoms with E-state index in [4.69, 9.17) is 4.74 Å². The van der Waals surface area contributed by atoms with E-state index in [9.17, 15) is 35.5 Å². The highest BCUT2D eigenvalue weighted by atomic mass is 19.4. The molecule has 1 N–H and O–H groups in total. The molecule has 0 spiro atoms. The lowest BCUT2D eigenvalue weighted by atomic mass is 9.99. The van der Waals surface area contributed by atoms with Gasteiger partial charge in [-0.3, -0.25) is 9.99 Å². The molecule has 7 nitrogen and oxygen atoms in total. The van der Waals surface area contributed by atoms with Crippen LogP contribution in [0.25, 0.3) is 22.6 Å². The normalized spacial score (nSPS) is 14.0. The lowest BCUT2D eigenvalue weighted by Gasteiger charge is -2.29. The van der Waals surface area contributed by atoms with Crippen molar-refractivity contribution in [3.05, 3.63) is 94.7 Å². The van der Waals surface area contributed by atoms with Crippen LogP contribution in [0.15, 0.2) is 65.9 Å². The number of aromatic nitrogens is 3. The summed E-state index contributed by atoms with van der Waals surface area (Å²) in [5.41, 5.74) is -2.40. The largest absolute Gasteiger partial charge is 0.464 e.